The third-order valence-electron chi connectivity index (χ3n) is 5.76. The Morgan fingerprint density at radius 1 is 0.848 bits per heavy atom. The van der Waals surface area contributed by atoms with Crippen molar-refractivity contribution < 1.29 is 9.59 Å². The number of carbonyl (C=O) groups is 2. The number of aromatic nitrogens is 1. The number of rotatable bonds is 4. The Balaban J connectivity index is 1.34. The van der Waals surface area contributed by atoms with Gasteiger partial charge in [0, 0.05) is 37.4 Å². The van der Waals surface area contributed by atoms with E-state index >= 15 is 0 Å². The number of hydrogen-bond donors (Lipinski definition) is 2. The summed E-state index contributed by atoms with van der Waals surface area (Å²) >= 11 is 0. The molecule has 0 spiro atoms. The fraction of sp³-hybridized carbons (Fsp3) is 0.269. The van der Waals surface area contributed by atoms with Crippen molar-refractivity contribution in [3.63, 3.8) is 0 Å². The molecule has 7 heteroatoms. The molecule has 0 aliphatic carbocycles. The van der Waals surface area contributed by atoms with Gasteiger partial charge in [0.2, 0.25) is 0 Å². The molecule has 0 atom stereocenters. The lowest BCUT2D eigenvalue weighted by molar-refractivity contribution is 0.0766. The van der Waals surface area contributed by atoms with E-state index in [0.717, 1.165) is 47.7 Å². The van der Waals surface area contributed by atoms with Gasteiger partial charge in [-0.15, -0.1) is 0 Å². The lowest BCUT2D eigenvalue weighted by atomic mass is 10.1. The van der Waals surface area contributed by atoms with Crippen molar-refractivity contribution in [2.24, 2.45) is 0 Å². The molecular weight excluding hydrogens is 414 g/mol. The third kappa shape index (κ3) is 5.68. The van der Waals surface area contributed by atoms with Crippen LogP contribution in [0, 0.1) is 13.8 Å². The molecule has 1 fully saturated rings. The molecule has 4 rings (SSSR count). The molecule has 1 aliphatic heterocycles. The minimum absolute atomic E-state index is 0.0853. The monoisotopic (exact) mass is 443 g/mol. The van der Waals surface area contributed by atoms with Crippen molar-refractivity contribution in [1.82, 2.24) is 9.88 Å². The van der Waals surface area contributed by atoms with Crippen LogP contribution in [0.2, 0.25) is 0 Å². The van der Waals surface area contributed by atoms with Crippen molar-refractivity contribution >= 4 is 29.1 Å². The second-order valence-corrected chi connectivity index (χ2v) is 8.30. The summed E-state index contributed by atoms with van der Waals surface area (Å²) in [6.07, 6.45) is 2.53. The predicted molar refractivity (Wildman–Crippen MR) is 132 cm³/mol. The van der Waals surface area contributed by atoms with E-state index in [4.69, 9.17) is 0 Å². The van der Waals surface area contributed by atoms with Gasteiger partial charge >= 0.3 is 6.03 Å². The standard InChI is InChI=1S/C26H29N5O2/c1-19-7-5-9-21(17-19)28-26(33)29-22-11-12-24(27-18-22)30-13-6-14-31(16-15-30)25(32)23-10-4-3-8-20(23)2/h3-5,7-12,17-18H,6,13-16H2,1-2H3,(H2,28,29,33). The van der Waals surface area contributed by atoms with Gasteiger partial charge in [0.25, 0.3) is 5.91 Å². The number of carbonyl (C=O) groups excluding carboxylic acids is 2. The maximum Gasteiger partial charge on any atom is 0.323 e. The van der Waals surface area contributed by atoms with Crippen LogP contribution in [0.4, 0.5) is 22.0 Å². The van der Waals surface area contributed by atoms with Gasteiger partial charge in [-0.2, -0.15) is 0 Å². The molecule has 0 unspecified atom stereocenters. The first-order chi connectivity index (χ1) is 16.0. The van der Waals surface area contributed by atoms with Crippen molar-refractivity contribution in [3.8, 4) is 0 Å². The number of aryl methyl sites for hydroxylation is 2. The Labute approximate surface area is 194 Å². The molecule has 0 saturated carbocycles. The number of hydrogen-bond acceptors (Lipinski definition) is 4. The summed E-state index contributed by atoms with van der Waals surface area (Å²) in [7, 11) is 0. The van der Waals surface area contributed by atoms with Crippen LogP contribution in [0.3, 0.4) is 0 Å². The fourth-order valence-corrected chi connectivity index (χ4v) is 4.00. The van der Waals surface area contributed by atoms with E-state index in [1.807, 2.05) is 79.4 Å². The number of nitrogens with one attached hydrogen (secondary N) is 2. The smallest absolute Gasteiger partial charge is 0.323 e. The molecule has 3 aromatic rings. The molecule has 2 N–H and O–H groups in total. The minimum Gasteiger partial charge on any atom is -0.355 e. The number of benzene rings is 2. The molecule has 1 aromatic heterocycles. The Bertz CT molecular complexity index is 1130. The molecule has 1 saturated heterocycles. The maximum atomic E-state index is 13.0. The van der Waals surface area contributed by atoms with Crippen LogP contribution in [-0.2, 0) is 0 Å². The second kappa shape index (κ2) is 10.2. The summed E-state index contributed by atoms with van der Waals surface area (Å²) in [4.78, 5) is 33.9. The van der Waals surface area contributed by atoms with Crippen LogP contribution in [0.25, 0.3) is 0 Å². The Hall–Kier alpha value is -3.87. The van der Waals surface area contributed by atoms with E-state index < -0.39 is 0 Å². The van der Waals surface area contributed by atoms with Gasteiger partial charge in [-0.3, -0.25) is 4.79 Å². The largest absolute Gasteiger partial charge is 0.355 e. The highest BCUT2D eigenvalue weighted by Gasteiger charge is 2.22. The van der Waals surface area contributed by atoms with Crippen LogP contribution in [0.15, 0.2) is 66.9 Å². The van der Waals surface area contributed by atoms with Gasteiger partial charge < -0.3 is 20.4 Å². The first kappa shape index (κ1) is 22.3. The van der Waals surface area contributed by atoms with Gasteiger partial charge in [0.1, 0.15) is 5.82 Å². The van der Waals surface area contributed by atoms with E-state index in [2.05, 4.69) is 20.5 Å². The van der Waals surface area contributed by atoms with E-state index in [0.29, 0.717) is 18.8 Å². The lowest BCUT2D eigenvalue weighted by Crippen LogP contribution is -2.35. The van der Waals surface area contributed by atoms with Crippen LogP contribution in [0.1, 0.15) is 27.9 Å². The predicted octanol–water partition coefficient (Wildman–Crippen LogP) is 4.69. The van der Waals surface area contributed by atoms with Gasteiger partial charge in [-0.25, -0.2) is 9.78 Å². The van der Waals surface area contributed by atoms with Gasteiger partial charge in [-0.1, -0.05) is 30.3 Å². The highest BCUT2D eigenvalue weighted by atomic mass is 16.2. The molecule has 1 aliphatic rings. The van der Waals surface area contributed by atoms with Crippen LogP contribution in [-0.4, -0.2) is 48.0 Å². The van der Waals surface area contributed by atoms with E-state index in [1.165, 1.54) is 0 Å². The topological polar surface area (TPSA) is 77.6 Å². The average Bonchev–Trinajstić information content (AvgIpc) is 3.06. The van der Waals surface area contributed by atoms with E-state index in [1.54, 1.807) is 6.20 Å². The normalized spacial score (nSPS) is 13.9. The Morgan fingerprint density at radius 3 is 2.42 bits per heavy atom. The molecule has 7 nitrogen and oxygen atoms in total. The first-order valence-corrected chi connectivity index (χ1v) is 11.2. The van der Waals surface area contributed by atoms with Crippen molar-refractivity contribution in [1.29, 1.82) is 0 Å². The Kier molecular flexibility index (Phi) is 6.88. The molecular formula is C26H29N5O2. The highest BCUT2D eigenvalue weighted by Crippen LogP contribution is 2.19. The molecule has 170 valence electrons. The van der Waals surface area contributed by atoms with Crippen molar-refractivity contribution in [2.45, 2.75) is 20.3 Å². The highest BCUT2D eigenvalue weighted by molar-refractivity contribution is 5.99. The summed E-state index contributed by atoms with van der Waals surface area (Å²) < 4.78 is 0. The minimum atomic E-state index is -0.310. The number of urea groups is 1. The molecule has 0 radical (unpaired) electrons. The zero-order valence-electron chi connectivity index (χ0n) is 19.0. The zero-order chi connectivity index (χ0) is 23.2. The number of anilines is 3. The van der Waals surface area contributed by atoms with Gasteiger partial charge in [0.05, 0.1) is 11.9 Å². The van der Waals surface area contributed by atoms with Crippen LogP contribution < -0.4 is 15.5 Å². The molecule has 0 bridgehead atoms. The third-order valence-corrected chi connectivity index (χ3v) is 5.76. The van der Waals surface area contributed by atoms with Crippen LogP contribution in [0.5, 0.6) is 0 Å². The van der Waals surface area contributed by atoms with Crippen LogP contribution >= 0.6 is 0 Å². The number of nitrogens with zero attached hydrogens (tertiary/aromatic N) is 3. The molecule has 33 heavy (non-hydrogen) atoms. The lowest BCUT2D eigenvalue weighted by Gasteiger charge is -2.23. The maximum absolute atomic E-state index is 13.0. The Morgan fingerprint density at radius 2 is 1.67 bits per heavy atom. The van der Waals surface area contributed by atoms with E-state index in [-0.39, 0.29) is 11.9 Å². The second-order valence-electron chi connectivity index (χ2n) is 8.30. The summed E-state index contributed by atoms with van der Waals surface area (Å²) in [5, 5.41) is 5.64. The quantitative estimate of drug-likeness (QED) is 0.613. The van der Waals surface area contributed by atoms with Crippen molar-refractivity contribution in [2.75, 3.05) is 41.7 Å². The average molecular weight is 444 g/mol. The molecule has 2 aromatic carbocycles. The summed E-state index contributed by atoms with van der Waals surface area (Å²) in [6.45, 7) is 6.86. The van der Waals surface area contributed by atoms with E-state index in [9.17, 15) is 9.59 Å². The SMILES string of the molecule is Cc1cccc(NC(=O)Nc2ccc(N3CCCN(C(=O)c4ccccc4C)CC3)nc2)c1. The molecule has 2 heterocycles. The summed E-state index contributed by atoms with van der Waals surface area (Å²) in [5.74, 6) is 0.923. The fourth-order valence-electron chi connectivity index (χ4n) is 4.00. The van der Waals surface area contributed by atoms with Gasteiger partial charge in [0.15, 0.2) is 0 Å². The first-order valence-electron chi connectivity index (χ1n) is 11.2. The molecule has 3 amide bonds. The number of amides is 3. The van der Waals surface area contributed by atoms with Gasteiger partial charge in [-0.05, 0) is 61.7 Å². The zero-order valence-corrected chi connectivity index (χ0v) is 19.0. The number of pyridine rings is 1. The summed E-state index contributed by atoms with van der Waals surface area (Å²) in [6, 6.07) is 18.8. The van der Waals surface area contributed by atoms with Crippen molar-refractivity contribution in [3.05, 3.63) is 83.6 Å². The summed E-state index contributed by atoms with van der Waals surface area (Å²) in [5.41, 5.74) is 4.21.